The summed E-state index contributed by atoms with van der Waals surface area (Å²) >= 11 is 0. The predicted octanol–water partition coefficient (Wildman–Crippen LogP) is 0.927. The zero-order valence-electron chi connectivity index (χ0n) is 14.8. The molecule has 3 aliphatic rings. The van der Waals surface area contributed by atoms with Gasteiger partial charge < -0.3 is 9.80 Å². The van der Waals surface area contributed by atoms with Crippen LogP contribution in [0.5, 0.6) is 0 Å². The first-order valence-corrected chi connectivity index (χ1v) is 9.29. The van der Waals surface area contributed by atoms with Crippen molar-refractivity contribution >= 4 is 17.8 Å². The molecular weight excluding hydrogens is 330 g/mol. The monoisotopic (exact) mass is 353 g/mol. The smallest absolute Gasteiger partial charge is 0.246 e. The third-order valence-corrected chi connectivity index (χ3v) is 5.63. The van der Waals surface area contributed by atoms with E-state index in [1.807, 2.05) is 0 Å². The van der Waals surface area contributed by atoms with Crippen molar-refractivity contribution in [1.29, 1.82) is 5.26 Å². The molecular formula is C18H23N7O. The molecule has 1 aromatic heterocycles. The van der Waals surface area contributed by atoms with E-state index in [0.29, 0.717) is 5.96 Å². The summed E-state index contributed by atoms with van der Waals surface area (Å²) in [6, 6.07) is 4.01. The molecule has 1 saturated carbocycles. The Bertz CT molecular complexity index is 728. The molecule has 2 aliphatic heterocycles. The second-order valence-corrected chi connectivity index (χ2v) is 7.17. The van der Waals surface area contributed by atoms with Crippen LogP contribution in [0, 0.1) is 17.2 Å². The van der Waals surface area contributed by atoms with Gasteiger partial charge >= 0.3 is 0 Å². The molecule has 1 atom stereocenters. The van der Waals surface area contributed by atoms with E-state index in [1.165, 1.54) is 0 Å². The number of guanidine groups is 1. The van der Waals surface area contributed by atoms with Gasteiger partial charge in [0.2, 0.25) is 17.8 Å². The number of aromatic nitrogens is 2. The second-order valence-electron chi connectivity index (χ2n) is 7.17. The van der Waals surface area contributed by atoms with Crippen molar-refractivity contribution in [3.63, 3.8) is 0 Å². The zero-order chi connectivity index (χ0) is 18.0. The van der Waals surface area contributed by atoms with Crippen LogP contribution in [-0.4, -0.2) is 58.5 Å². The lowest BCUT2D eigenvalue weighted by molar-refractivity contribution is -0.125. The zero-order valence-corrected chi connectivity index (χ0v) is 14.8. The van der Waals surface area contributed by atoms with Crippen molar-refractivity contribution in [2.45, 2.75) is 37.6 Å². The van der Waals surface area contributed by atoms with Gasteiger partial charge in [-0.2, -0.15) is 5.26 Å². The fourth-order valence-corrected chi connectivity index (χ4v) is 4.20. The summed E-state index contributed by atoms with van der Waals surface area (Å²) in [4.78, 5) is 30.4. The van der Waals surface area contributed by atoms with Crippen LogP contribution in [0.3, 0.4) is 0 Å². The molecule has 8 nitrogen and oxygen atoms in total. The first-order valence-electron chi connectivity index (χ1n) is 9.29. The maximum absolute atomic E-state index is 12.6. The Morgan fingerprint density at radius 1 is 1.08 bits per heavy atom. The molecule has 1 N–H and O–H groups in total. The number of anilines is 1. The van der Waals surface area contributed by atoms with Crippen LogP contribution in [0.15, 0.2) is 23.5 Å². The van der Waals surface area contributed by atoms with Gasteiger partial charge in [-0.1, -0.05) is 19.3 Å². The maximum atomic E-state index is 12.6. The first-order chi connectivity index (χ1) is 12.7. The molecule has 4 rings (SSSR count). The van der Waals surface area contributed by atoms with E-state index in [9.17, 15) is 10.1 Å². The minimum Gasteiger partial charge on any atom is -0.339 e. The number of nitriles is 1. The highest BCUT2D eigenvalue weighted by molar-refractivity contribution is 6.02. The topological polar surface area (TPSA) is 97.5 Å². The molecule has 0 radical (unpaired) electrons. The molecule has 26 heavy (non-hydrogen) atoms. The Balaban J connectivity index is 1.51. The quantitative estimate of drug-likeness (QED) is 0.806. The average molecular weight is 353 g/mol. The minimum atomic E-state index is -0.675. The van der Waals surface area contributed by atoms with E-state index in [-0.39, 0.29) is 5.91 Å². The molecule has 8 heteroatoms. The van der Waals surface area contributed by atoms with Gasteiger partial charge in [0.05, 0.1) is 11.6 Å². The first kappa shape index (κ1) is 16.8. The van der Waals surface area contributed by atoms with Gasteiger partial charge in [-0.25, -0.2) is 15.0 Å². The number of nitrogens with zero attached hydrogens (tertiary/aromatic N) is 6. The third kappa shape index (κ3) is 2.98. The van der Waals surface area contributed by atoms with Gasteiger partial charge in [-0.15, -0.1) is 0 Å². The van der Waals surface area contributed by atoms with Crippen molar-refractivity contribution in [2.24, 2.45) is 10.9 Å². The van der Waals surface area contributed by atoms with E-state index >= 15 is 0 Å². The average Bonchev–Trinajstić information content (AvgIpc) is 2.69. The molecule has 0 aromatic carbocycles. The van der Waals surface area contributed by atoms with Gasteiger partial charge in [0.1, 0.15) is 0 Å². The van der Waals surface area contributed by atoms with Gasteiger partial charge in [-0.05, 0) is 18.9 Å². The Morgan fingerprint density at radius 2 is 1.73 bits per heavy atom. The summed E-state index contributed by atoms with van der Waals surface area (Å²) in [5.41, 5.74) is -0.537. The highest BCUT2D eigenvalue weighted by atomic mass is 16.2. The van der Waals surface area contributed by atoms with Crippen LogP contribution in [0.2, 0.25) is 0 Å². The van der Waals surface area contributed by atoms with E-state index in [2.05, 4.69) is 31.2 Å². The number of aliphatic imine (C=N–C) groups is 1. The molecule has 3 heterocycles. The van der Waals surface area contributed by atoms with Gasteiger partial charge in [0, 0.05) is 38.6 Å². The lowest BCUT2D eigenvalue weighted by Crippen LogP contribution is -2.60. The van der Waals surface area contributed by atoms with E-state index in [1.54, 1.807) is 18.5 Å². The molecule has 1 unspecified atom stereocenters. The van der Waals surface area contributed by atoms with Crippen molar-refractivity contribution in [1.82, 2.24) is 20.2 Å². The predicted molar refractivity (Wildman–Crippen MR) is 96.3 cm³/mol. The number of carbonyl (C=O) groups is 1. The van der Waals surface area contributed by atoms with Crippen molar-refractivity contribution in [3.8, 4) is 6.07 Å². The molecule has 1 aliphatic carbocycles. The molecule has 0 bridgehead atoms. The Morgan fingerprint density at radius 3 is 2.38 bits per heavy atom. The number of rotatable bonds is 1. The summed E-state index contributed by atoms with van der Waals surface area (Å²) in [5.74, 6) is 0.492. The highest BCUT2D eigenvalue weighted by Crippen LogP contribution is 2.39. The summed E-state index contributed by atoms with van der Waals surface area (Å²) in [7, 11) is 0. The van der Waals surface area contributed by atoms with Gasteiger partial charge in [0.25, 0.3) is 0 Å². The Labute approximate surface area is 152 Å². The van der Waals surface area contributed by atoms with Crippen molar-refractivity contribution < 1.29 is 4.79 Å². The molecule has 1 amide bonds. The third-order valence-electron chi connectivity index (χ3n) is 5.63. The van der Waals surface area contributed by atoms with Crippen LogP contribution in [0.1, 0.15) is 32.1 Å². The summed E-state index contributed by atoms with van der Waals surface area (Å²) in [5, 5.41) is 12.4. The Hall–Kier alpha value is -2.69. The lowest BCUT2D eigenvalue weighted by Gasteiger charge is -2.43. The molecule has 136 valence electrons. The fraction of sp³-hybridized carbons (Fsp3) is 0.611. The van der Waals surface area contributed by atoms with Crippen molar-refractivity contribution in [3.05, 3.63) is 18.5 Å². The SMILES string of the molecule is N#CC1C(=O)NC(N2CCN(c3ncccn3)CC2)=NC12CCCCC2. The number of piperazine rings is 1. The highest BCUT2D eigenvalue weighted by Gasteiger charge is 2.48. The van der Waals surface area contributed by atoms with E-state index in [0.717, 1.165) is 64.2 Å². The normalized spacial score (nSPS) is 25.4. The number of carbonyl (C=O) groups excluding carboxylic acids is 1. The van der Waals surface area contributed by atoms with E-state index < -0.39 is 11.5 Å². The second kappa shape index (κ2) is 6.90. The van der Waals surface area contributed by atoms with Crippen LogP contribution in [0.25, 0.3) is 0 Å². The largest absolute Gasteiger partial charge is 0.339 e. The number of amides is 1. The lowest BCUT2D eigenvalue weighted by atomic mass is 9.72. The van der Waals surface area contributed by atoms with Crippen LogP contribution >= 0.6 is 0 Å². The van der Waals surface area contributed by atoms with E-state index in [4.69, 9.17) is 4.99 Å². The summed E-state index contributed by atoms with van der Waals surface area (Å²) in [6.07, 6.45) is 8.34. The van der Waals surface area contributed by atoms with Crippen LogP contribution in [0.4, 0.5) is 5.95 Å². The number of hydrogen-bond acceptors (Lipinski definition) is 7. The van der Waals surface area contributed by atoms with Crippen LogP contribution < -0.4 is 10.2 Å². The Kier molecular flexibility index (Phi) is 4.45. The number of nitrogens with one attached hydrogen (secondary N) is 1. The van der Waals surface area contributed by atoms with Gasteiger partial charge in [-0.3, -0.25) is 10.1 Å². The molecule has 2 fully saturated rings. The van der Waals surface area contributed by atoms with Gasteiger partial charge in [0.15, 0.2) is 5.92 Å². The summed E-state index contributed by atoms with van der Waals surface area (Å²) < 4.78 is 0. The minimum absolute atomic E-state index is 0.201. The molecule has 1 spiro atoms. The fourth-order valence-electron chi connectivity index (χ4n) is 4.20. The van der Waals surface area contributed by atoms with Crippen molar-refractivity contribution in [2.75, 3.05) is 31.1 Å². The standard InChI is InChI=1S/C18H23N7O/c19-13-14-15(26)22-17(23-18(14)5-2-1-3-6-18)25-11-9-24(10-12-25)16-20-7-4-8-21-16/h4,7-8,14H,1-3,5-6,9-12H2,(H,22,23,26). The summed E-state index contributed by atoms with van der Waals surface area (Å²) in [6.45, 7) is 3.02. The maximum Gasteiger partial charge on any atom is 0.246 e. The van der Waals surface area contributed by atoms with Crippen LogP contribution in [-0.2, 0) is 4.79 Å². The molecule has 1 aromatic rings. The molecule has 1 saturated heterocycles. The number of hydrogen-bond donors (Lipinski definition) is 1.